The highest BCUT2D eigenvalue weighted by Gasteiger charge is 2.45. The van der Waals surface area contributed by atoms with Crippen LogP contribution in [-0.4, -0.2) is 192 Å². The Hall–Kier alpha value is -7.67. The maximum absolute atomic E-state index is 14.3. The van der Waals surface area contributed by atoms with Gasteiger partial charge >= 0.3 is 18.5 Å². The third-order valence-electron chi connectivity index (χ3n) is 13.5. The van der Waals surface area contributed by atoms with E-state index >= 15 is 0 Å². The average Bonchev–Trinajstić information content (AvgIpc) is 4.10. The van der Waals surface area contributed by atoms with E-state index in [0.29, 0.717) is 12.8 Å². The number of amides is 7. The third-order valence-corrected chi connectivity index (χ3v) is 13.5. The molecule has 34 heteroatoms. The van der Waals surface area contributed by atoms with Crippen LogP contribution in [0.5, 0.6) is 5.75 Å². The van der Waals surface area contributed by atoms with Crippen molar-refractivity contribution in [1.29, 1.82) is 0 Å². The van der Waals surface area contributed by atoms with E-state index in [1.807, 2.05) is 9.97 Å². The van der Waals surface area contributed by atoms with E-state index in [-0.39, 0.29) is 68.5 Å². The largest absolute Gasteiger partial charge is 0.496 e. The number of benzene rings is 1. The number of nitrogens with one attached hydrogen (secondary N) is 8. The molecule has 2 aliphatic rings. The topological polar surface area (TPSA) is 529 Å². The van der Waals surface area contributed by atoms with Crippen molar-refractivity contribution in [1.82, 2.24) is 51.0 Å². The molecule has 2 aromatic heterocycles. The predicted octanol–water partition coefficient (Wildman–Crippen LogP) is -9.20. The molecule has 2 saturated heterocycles. The number of carbonyl (C=O) groups is 7. The lowest BCUT2D eigenvalue weighted by molar-refractivity contribution is -0.134. The summed E-state index contributed by atoms with van der Waals surface area (Å²) < 4.78 is 18.2. The number of ether oxygens (including phenoxy) is 3. The Morgan fingerprint density at radius 1 is 0.659 bits per heavy atom. The van der Waals surface area contributed by atoms with Gasteiger partial charge in [0.2, 0.25) is 35.4 Å². The molecule has 12 atom stereocenters. The van der Waals surface area contributed by atoms with Crippen molar-refractivity contribution in [3.05, 3.63) is 90.0 Å². The molecule has 0 bridgehead atoms. The maximum atomic E-state index is 14.3. The lowest BCUT2D eigenvalue weighted by atomic mass is 9.80. The molecule has 2 aliphatic heterocycles. The van der Waals surface area contributed by atoms with E-state index in [1.54, 1.807) is 0 Å². The molecule has 450 valence electrons. The van der Waals surface area contributed by atoms with Crippen molar-refractivity contribution in [3.63, 3.8) is 0 Å². The SMILES string of the molecule is COc1cc(B(O)O)ccc1C(=O)NCCCC[C@H](NC(=O)[C@@H](N)CCC(=O)NC[C@H]1O[C@@H](n2ccc(=O)[nH]c2=O)[C@H](O)[C@@H]1O)C(=O)N[C@@H](CCC(=O)NC[C@H]1O[C@@H](n2ccc(=O)[nH]c2=O)[C@H](O)[C@@H]1O)C(=O)N[C@@H](CCCCN)C(N)=O. The van der Waals surface area contributed by atoms with Gasteiger partial charge < -0.3 is 93.8 Å². The van der Waals surface area contributed by atoms with E-state index < -0.39 is 170 Å². The van der Waals surface area contributed by atoms with Gasteiger partial charge in [0.1, 0.15) is 60.5 Å². The van der Waals surface area contributed by atoms with Crippen molar-refractivity contribution in [3.8, 4) is 5.75 Å². The van der Waals surface area contributed by atoms with Gasteiger partial charge in [-0.05, 0) is 75.5 Å². The molecule has 0 aliphatic carbocycles. The molecule has 2 fully saturated rings. The highest BCUT2D eigenvalue weighted by Crippen LogP contribution is 2.29. The monoisotopic (exact) mass is 1160 g/mol. The third kappa shape index (κ3) is 18.2. The zero-order valence-corrected chi connectivity index (χ0v) is 44.5. The van der Waals surface area contributed by atoms with Crippen LogP contribution >= 0.6 is 0 Å². The molecule has 0 unspecified atom stereocenters. The number of aromatic amines is 2. The molecule has 33 nitrogen and oxygen atoms in total. The summed E-state index contributed by atoms with van der Waals surface area (Å²) in [6, 6.07) is 0.0715. The van der Waals surface area contributed by atoms with Gasteiger partial charge in [-0.2, -0.15) is 0 Å². The van der Waals surface area contributed by atoms with E-state index in [4.69, 9.17) is 31.4 Å². The zero-order chi connectivity index (χ0) is 60.4. The fourth-order valence-electron chi connectivity index (χ4n) is 8.78. The summed E-state index contributed by atoms with van der Waals surface area (Å²) in [6.45, 7) is -0.545. The van der Waals surface area contributed by atoms with E-state index in [0.717, 1.165) is 33.7 Å². The second kappa shape index (κ2) is 31.0. The normalized spacial score (nSPS) is 21.7. The number of hydrogen-bond donors (Lipinski definition) is 17. The zero-order valence-electron chi connectivity index (χ0n) is 44.5. The van der Waals surface area contributed by atoms with Gasteiger partial charge in [0.25, 0.3) is 17.0 Å². The van der Waals surface area contributed by atoms with Crippen molar-refractivity contribution in [2.45, 2.75) is 137 Å². The van der Waals surface area contributed by atoms with Crippen molar-refractivity contribution >= 4 is 53.9 Å². The highest BCUT2D eigenvalue weighted by molar-refractivity contribution is 6.58. The van der Waals surface area contributed by atoms with Gasteiger partial charge in [0.05, 0.1) is 18.7 Å². The van der Waals surface area contributed by atoms with E-state index in [9.17, 15) is 83.2 Å². The lowest BCUT2D eigenvalue weighted by Gasteiger charge is -2.25. The number of nitrogens with zero attached hydrogens (tertiary/aromatic N) is 2. The summed E-state index contributed by atoms with van der Waals surface area (Å²) in [5, 5.41) is 76.7. The van der Waals surface area contributed by atoms with E-state index in [2.05, 4.69) is 31.9 Å². The van der Waals surface area contributed by atoms with Crippen LogP contribution < -0.4 is 81.8 Å². The molecule has 82 heavy (non-hydrogen) atoms. The highest BCUT2D eigenvalue weighted by atomic mass is 16.6. The number of aliphatic hydroxyl groups excluding tert-OH is 4. The number of methoxy groups -OCH3 is 1. The Labute approximate surface area is 465 Å². The molecule has 1 aromatic carbocycles. The Kier molecular flexibility index (Phi) is 24.6. The van der Waals surface area contributed by atoms with Crippen LogP contribution in [0.15, 0.2) is 61.9 Å². The number of hydrogen-bond acceptors (Lipinski definition) is 22. The van der Waals surface area contributed by atoms with Crippen LogP contribution in [-0.2, 0) is 38.2 Å². The molecule has 7 amide bonds. The maximum Gasteiger partial charge on any atom is 0.488 e. The standard InChI is InChI=1S/C48H70BN13O20/c1-80-29-20-23(49(78)79)8-9-24(29)41(72)53-17-5-3-7-27(57-42(73)25(51)10-12-32(63)54-21-30-36(67)38(69)45(81-30)61-18-14-34(65)59-47(61)76)43(74)58-28(44(75)56-26(40(52)71)6-2-4-16-50)11-13-33(64)55-22-31-37(68)39(70)46(82-31)62-19-15-35(66)60-48(62)77/h8-9,14-15,18-20,25-28,30-31,36-39,45-46,67-70,78-79H,2-7,10-13,16-17,21-22,50-51H2,1H3,(H2,52,71)(H,53,72)(H,54,63)(H,55,64)(H,56,75)(H,57,73)(H,58,74)(H,59,65,76)(H,60,66,77)/t25-,26-,27-,28-,30+,31+,36+,37+,38+,39+,45+,46+/m0/s1. The van der Waals surface area contributed by atoms with Gasteiger partial charge in [0, 0.05) is 57.0 Å². The predicted molar refractivity (Wildman–Crippen MR) is 284 cm³/mol. The molecule has 20 N–H and O–H groups in total. The fourth-order valence-corrected chi connectivity index (χ4v) is 8.78. The quantitative estimate of drug-likeness (QED) is 0.0210. The van der Waals surface area contributed by atoms with Crippen LogP contribution in [0.25, 0.3) is 0 Å². The molecule has 3 aromatic rings. The number of carbonyl (C=O) groups excluding carboxylic acids is 7. The molecular weight excluding hydrogens is 1090 g/mol. The summed E-state index contributed by atoms with van der Waals surface area (Å²) >= 11 is 0. The van der Waals surface area contributed by atoms with Crippen molar-refractivity contribution < 1.29 is 78.2 Å². The Morgan fingerprint density at radius 3 is 1.65 bits per heavy atom. The Morgan fingerprint density at radius 2 is 1.15 bits per heavy atom. The number of aliphatic hydroxyl groups is 4. The second-order valence-electron chi connectivity index (χ2n) is 19.4. The number of rotatable bonds is 31. The van der Waals surface area contributed by atoms with Crippen molar-refractivity contribution in [2.75, 3.05) is 33.3 Å². The van der Waals surface area contributed by atoms with Crippen LogP contribution in [0.4, 0.5) is 0 Å². The van der Waals surface area contributed by atoms with Gasteiger partial charge in [-0.25, -0.2) is 9.59 Å². The molecule has 4 heterocycles. The average molecular weight is 1160 g/mol. The summed E-state index contributed by atoms with van der Waals surface area (Å²) in [6.07, 6.45) is -10.5. The first-order chi connectivity index (χ1) is 38.9. The smallest absolute Gasteiger partial charge is 0.488 e. The minimum Gasteiger partial charge on any atom is -0.496 e. The second-order valence-corrected chi connectivity index (χ2v) is 19.4. The van der Waals surface area contributed by atoms with E-state index in [1.165, 1.54) is 25.3 Å². The molecule has 0 spiro atoms. The number of unbranched alkanes of at least 4 members (excludes halogenated alkanes) is 2. The van der Waals surface area contributed by atoms with Gasteiger partial charge in [0.15, 0.2) is 12.5 Å². The Bertz CT molecular complexity index is 2960. The van der Waals surface area contributed by atoms with Gasteiger partial charge in [-0.3, -0.25) is 62.3 Å². The molecule has 0 radical (unpaired) electrons. The number of aromatic nitrogens is 4. The first-order valence-electron chi connectivity index (χ1n) is 26.1. The van der Waals surface area contributed by atoms with Gasteiger partial charge in [-0.15, -0.1) is 0 Å². The first kappa shape index (κ1) is 65.1. The number of primary amides is 1. The van der Waals surface area contributed by atoms with Crippen LogP contribution in [0.2, 0.25) is 0 Å². The minimum atomic E-state index is -1.83. The summed E-state index contributed by atoms with van der Waals surface area (Å²) in [4.78, 5) is 145. The summed E-state index contributed by atoms with van der Waals surface area (Å²) in [5.41, 5.74) is 14.2. The number of H-pyrrole nitrogens is 2. The number of nitrogens with two attached hydrogens (primary N) is 3. The molecule has 0 saturated carbocycles. The van der Waals surface area contributed by atoms with Crippen LogP contribution in [0.3, 0.4) is 0 Å². The minimum absolute atomic E-state index is 0.00442. The van der Waals surface area contributed by atoms with Gasteiger partial charge in [-0.1, -0.05) is 6.07 Å². The fraction of sp³-hybridized carbons (Fsp3) is 0.562. The van der Waals surface area contributed by atoms with Crippen LogP contribution in [0.1, 0.15) is 87.0 Å². The molecular formula is C48H70BN13O20. The summed E-state index contributed by atoms with van der Waals surface area (Å²) in [5.74, 6) is -5.85. The Balaban J connectivity index is 1.26. The van der Waals surface area contributed by atoms with Crippen molar-refractivity contribution in [2.24, 2.45) is 17.2 Å². The lowest BCUT2D eigenvalue weighted by Crippen LogP contribution is -2.57. The molecule has 5 rings (SSSR count). The first-order valence-corrected chi connectivity index (χ1v) is 26.1. The summed E-state index contributed by atoms with van der Waals surface area (Å²) in [7, 11) is -0.556. The van der Waals surface area contributed by atoms with Crippen LogP contribution in [0, 0.1) is 0 Å².